The van der Waals surface area contributed by atoms with Gasteiger partial charge in [-0.1, -0.05) is 44.3 Å². The molecule has 0 radical (unpaired) electrons. The molecule has 23 heavy (non-hydrogen) atoms. The lowest BCUT2D eigenvalue weighted by atomic mass is 9.50. The van der Waals surface area contributed by atoms with E-state index in [4.69, 9.17) is 0 Å². The van der Waals surface area contributed by atoms with Crippen molar-refractivity contribution in [2.45, 2.75) is 84.0 Å². The zero-order valence-electron chi connectivity index (χ0n) is 15.2. The molecule has 4 fully saturated rings. The first kappa shape index (κ1) is 15.0. The molecule has 0 nitrogen and oxygen atoms in total. The fourth-order valence-electron chi connectivity index (χ4n) is 8.18. The molecule has 0 saturated heterocycles. The van der Waals surface area contributed by atoms with E-state index in [-0.39, 0.29) is 0 Å². The minimum Gasteiger partial charge on any atom is -0.0845 e. The highest BCUT2D eigenvalue weighted by molar-refractivity contribution is 5.22. The minimum absolute atomic E-state index is 1.02. The fourth-order valence-corrected chi connectivity index (χ4v) is 8.18. The lowest BCUT2D eigenvalue weighted by Gasteiger charge is -2.55. The number of hydrogen-bond acceptors (Lipinski definition) is 0. The van der Waals surface area contributed by atoms with Gasteiger partial charge in [0.2, 0.25) is 0 Å². The summed E-state index contributed by atoms with van der Waals surface area (Å²) in [4.78, 5) is 0. The third-order valence-corrected chi connectivity index (χ3v) is 9.17. The molecule has 5 rings (SSSR count). The molecule has 5 aliphatic rings. The number of rotatable bonds is 0. The molecule has 8 unspecified atom stereocenters. The van der Waals surface area contributed by atoms with E-state index in [1.54, 1.807) is 38.5 Å². The predicted octanol–water partition coefficient (Wildman–Crippen LogP) is 6.61. The normalized spacial score (nSPS) is 52.5. The molecule has 0 heteroatoms. The maximum Gasteiger partial charge on any atom is -0.0169 e. The van der Waals surface area contributed by atoms with Crippen LogP contribution in [0.4, 0.5) is 0 Å². The van der Waals surface area contributed by atoms with Crippen molar-refractivity contribution in [2.24, 2.45) is 47.3 Å². The molecule has 0 N–H and O–H groups in total. The van der Waals surface area contributed by atoms with Crippen molar-refractivity contribution < 1.29 is 0 Å². The molecule has 8 atom stereocenters. The largest absolute Gasteiger partial charge is 0.0845 e. The zero-order chi connectivity index (χ0) is 15.4. The van der Waals surface area contributed by atoms with E-state index >= 15 is 0 Å². The molecule has 0 aromatic carbocycles. The molecule has 4 saturated carbocycles. The van der Waals surface area contributed by atoms with Crippen LogP contribution in [0.2, 0.25) is 0 Å². The summed E-state index contributed by atoms with van der Waals surface area (Å²) in [5, 5.41) is 0. The SMILES string of the molecule is CC1CCCC2C1CCC1C3CCC4CCCCC4C3=CCC12. The standard InChI is InChI=1S/C23H36/c1-15-5-4-8-19-17(15)11-12-23-21-10-9-16-6-2-3-7-18(16)20(21)13-14-22(19)23/h13,15-19,21-23H,2-12,14H2,1H3. The van der Waals surface area contributed by atoms with Gasteiger partial charge in [-0.2, -0.15) is 0 Å². The maximum absolute atomic E-state index is 2.82. The summed E-state index contributed by atoms with van der Waals surface area (Å²) in [5.41, 5.74) is 1.99. The molecule has 0 spiro atoms. The first-order chi connectivity index (χ1) is 11.3. The molecule has 0 aromatic heterocycles. The van der Waals surface area contributed by atoms with Gasteiger partial charge in [0.15, 0.2) is 0 Å². The van der Waals surface area contributed by atoms with Crippen LogP contribution in [0.25, 0.3) is 0 Å². The Morgan fingerprint density at radius 1 is 0.652 bits per heavy atom. The molecule has 0 heterocycles. The van der Waals surface area contributed by atoms with E-state index in [9.17, 15) is 0 Å². The van der Waals surface area contributed by atoms with E-state index < -0.39 is 0 Å². The second kappa shape index (κ2) is 5.92. The van der Waals surface area contributed by atoms with Crippen LogP contribution in [0.5, 0.6) is 0 Å². The van der Waals surface area contributed by atoms with E-state index in [1.807, 2.05) is 5.57 Å². The summed E-state index contributed by atoms with van der Waals surface area (Å²) < 4.78 is 0. The van der Waals surface area contributed by atoms with E-state index in [1.165, 1.54) is 38.5 Å². The summed E-state index contributed by atoms with van der Waals surface area (Å²) >= 11 is 0. The highest BCUT2D eigenvalue weighted by Gasteiger charge is 2.49. The Balaban J connectivity index is 1.41. The molecule has 0 amide bonds. The summed E-state index contributed by atoms with van der Waals surface area (Å²) in [7, 11) is 0. The summed E-state index contributed by atoms with van der Waals surface area (Å²) in [6.07, 6.45) is 21.3. The third-order valence-electron chi connectivity index (χ3n) is 9.17. The summed E-state index contributed by atoms with van der Waals surface area (Å²) in [6, 6.07) is 0. The van der Waals surface area contributed by atoms with Gasteiger partial charge in [0.25, 0.3) is 0 Å². The molecule has 5 aliphatic carbocycles. The van der Waals surface area contributed by atoms with Gasteiger partial charge in [-0.15, -0.1) is 0 Å². The monoisotopic (exact) mass is 312 g/mol. The number of hydrogen-bond donors (Lipinski definition) is 0. The minimum atomic E-state index is 1.02. The van der Waals surface area contributed by atoms with E-state index in [0.29, 0.717) is 0 Å². The Labute approximate surface area is 143 Å². The summed E-state index contributed by atoms with van der Waals surface area (Å²) in [5.74, 6) is 8.49. The van der Waals surface area contributed by atoms with Crippen LogP contribution in [-0.4, -0.2) is 0 Å². The quantitative estimate of drug-likeness (QED) is 0.441. The Hall–Kier alpha value is -0.260. The second-order valence-electron chi connectivity index (χ2n) is 9.92. The fraction of sp³-hybridized carbons (Fsp3) is 0.913. The van der Waals surface area contributed by atoms with Gasteiger partial charge in [-0.05, 0) is 98.7 Å². The van der Waals surface area contributed by atoms with Gasteiger partial charge in [0.1, 0.15) is 0 Å². The maximum atomic E-state index is 2.82. The smallest absolute Gasteiger partial charge is 0.0169 e. The third kappa shape index (κ3) is 2.37. The molecule has 0 aliphatic heterocycles. The van der Waals surface area contributed by atoms with Gasteiger partial charge >= 0.3 is 0 Å². The topological polar surface area (TPSA) is 0 Å². The first-order valence-corrected chi connectivity index (χ1v) is 11.0. The van der Waals surface area contributed by atoms with Crippen molar-refractivity contribution in [3.63, 3.8) is 0 Å². The average molecular weight is 313 g/mol. The molecule has 0 bridgehead atoms. The second-order valence-corrected chi connectivity index (χ2v) is 9.92. The van der Waals surface area contributed by atoms with Crippen LogP contribution in [0.15, 0.2) is 11.6 Å². The molecular formula is C23H36. The van der Waals surface area contributed by atoms with Gasteiger partial charge in [0, 0.05) is 0 Å². The highest BCUT2D eigenvalue weighted by atomic mass is 14.5. The Kier molecular flexibility index (Phi) is 3.87. The number of allylic oxidation sites excluding steroid dienone is 2. The van der Waals surface area contributed by atoms with Crippen LogP contribution >= 0.6 is 0 Å². The van der Waals surface area contributed by atoms with Crippen LogP contribution < -0.4 is 0 Å². The van der Waals surface area contributed by atoms with Crippen molar-refractivity contribution in [1.29, 1.82) is 0 Å². The van der Waals surface area contributed by atoms with Crippen molar-refractivity contribution in [3.8, 4) is 0 Å². The van der Waals surface area contributed by atoms with Gasteiger partial charge in [-0.3, -0.25) is 0 Å². The van der Waals surface area contributed by atoms with E-state index in [2.05, 4.69) is 13.0 Å². The first-order valence-electron chi connectivity index (χ1n) is 11.0. The van der Waals surface area contributed by atoms with Gasteiger partial charge < -0.3 is 0 Å². The van der Waals surface area contributed by atoms with Crippen LogP contribution in [0.3, 0.4) is 0 Å². The Morgan fingerprint density at radius 2 is 1.52 bits per heavy atom. The Bertz CT molecular complexity index is 474. The number of fused-ring (bicyclic) bond motifs is 7. The van der Waals surface area contributed by atoms with Crippen LogP contribution in [-0.2, 0) is 0 Å². The van der Waals surface area contributed by atoms with Crippen molar-refractivity contribution in [2.75, 3.05) is 0 Å². The van der Waals surface area contributed by atoms with Gasteiger partial charge in [-0.25, -0.2) is 0 Å². The van der Waals surface area contributed by atoms with E-state index in [0.717, 1.165) is 47.3 Å². The predicted molar refractivity (Wildman–Crippen MR) is 97.1 cm³/mol. The lowest BCUT2D eigenvalue weighted by molar-refractivity contribution is -0.0109. The highest BCUT2D eigenvalue weighted by Crippen LogP contribution is 2.59. The molecule has 128 valence electrons. The van der Waals surface area contributed by atoms with Crippen molar-refractivity contribution in [3.05, 3.63) is 11.6 Å². The van der Waals surface area contributed by atoms with Crippen molar-refractivity contribution in [1.82, 2.24) is 0 Å². The van der Waals surface area contributed by atoms with Gasteiger partial charge in [0.05, 0.1) is 0 Å². The Morgan fingerprint density at radius 3 is 2.48 bits per heavy atom. The molecule has 0 aromatic rings. The van der Waals surface area contributed by atoms with Crippen molar-refractivity contribution >= 4 is 0 Å². The average Bonchev–Trinajstić information content (AvgIpc) is 2.61. The summed E-state index contributed by atoms with van der Waals surface area (Å²) in [6.45, 7) is 2.56. The zero-order valence-corrected chi connectivity index (χ0v) is 15.2. The lowest BCUT2D eigenvalue weighted by Crippen LogP contribution is -2.46. The van der Waals surface area contributed by atoms with Crippen LogP contribution in [0.1, 0.15) is 84.0 Å². The molecular weight excluding hydrogens is 276 g/mol. The van der Waals surface area contributed by atoms with Crippen LogP contribution in [0, 0.1) is 47.3 Å².